The van der Waals surface area contributed by atoms with Crippen LogP contribution in [-0.2, 0) is 12.8 Å². The lowest BCUT2D eigenvalue weighted by Crippen LogP contribution is -2.26. The summed E-state index contributed by atoms with van der Waals surface area (Å²) in [5.41, 5.74) is 3.33. The zero-order chi connectivity index (χ0) is 20.5. The molecule has 0 aliphatic rings. The van der Waals surface area contributed by atoms with E-state index in [0.29, 0.717) is 18.7 Å². The van der Waals surface area contributed by atoms with Crippen LogP contribution in [0.4, 0.5) is 10.1 Å². The predicted molar refractivity (Wildman–Crippen MR) is 112 cm³/mol. The fraction of sp³-hybridized carbons (Fsp3) is 0.217. The van der Waals surface area contributed by atoms with Gasteiger partial charge in [-0.15, -0.1) is 0 Å². The first-order valence-electron chi connectivity index (χ1n) is 9.49. The van der Waals surface area contributed by atoms with Crippen LogP contribution < -0.4 is 15.4 Å². The molecule has 0 spiro atoms. The van der Waals surface area contributed by atoms with Crippen LogP contribution in [0.5, 0.6) is 5.75 Å². The van der Waals surface area contributed by atoms with E-state index in [9.17, 15) is 9.18 Å². The molecule has 6 heteroatoms. The SMILES string of the molecule is COc1cccc(CCNc2ccnc(C(=O)NCCc3ccc(F)cc3)c2)c1. The van der Waals surface area contributed by atoms with E-state index >= 15 is 0 Å². The van der Waals surface area contributed by atoms with Gasteiger partial charge in [0, 0.05) is 25.0 Å². The van der Waals surface area contributed by atoms with Gasteiger partial charge in [0.2, 0.25) is 0 Å². The number of aromatic nitrogens is 1. The molecule has 1 amide bonds. The molecule has 3 aromatic rings. The molecule has 0 radical (unpaired) electrons. The van der Waals surface area contributed by atoms with Gasteiger partial charge >= 0.3 is 0 Å². The van der Waals surface area contributed by atoms with Crippen molar-refractivity contribution in [1.82, 2.24) is 10.3 Å². The first-order chi connectivity index (χ1) is 14.1. The Morgan fingerprint density at radius 1 is 1.00 bits per heavy atom. The van der Waals surface area contributed by atoms with E-state index < -0.39 is 0 Å². The highest BCUT2D eigenvalue weighted by atomic mass is 19.1. The summed E-state index contributed by atoms with van der Waals surface area (Å²) in [7, 11) is 1.65. The maximum absolute atomic E-state index is 12.9. The number of amides is 1. The number of hydrogen-bond donors (Lipinski definition) is 2. The van der Waals surface area contributed by atoms with Crippen LogP contribution in [0.2, 0.25) is 0 Å². The molecule has 0 unspecified atom stereocenters. The summed E-state index contributed by atoms with van der Waals surface area (Å²) in [5, 5.41) is 6.16. The van der Waals surface area contributed by atoms with E-state index in [4.69, 9.17) is 4.74 Å². The Morgan fingerprint density at radius 2 is 1.79 bits per heavy atom. The van der Waals surface area contributed by atoms with Crippen LogP contribution in [0.1, 0.15) is 21.6 Å². The number of benzene rings is 2. The van der Waals surface area contributed by atoms with Crippen molar-refractivity contribution >= 4 is 11.6 Å². The Labute approximate surface area is 169 Å². The van der Waals surface area contributed by atoms with Crippen molar-refractivity contribution in [2.75, 3.05) is 25.5 Å². The molecule has 3 rings (SSSR count). The Kier molecular flexibility index (Phi) is 7.16. The number of nitrogens with zero attached hydrogens (tertiary/aromatic N) is 1. The molecule has 29 heavy (non-hydrogen) atoms. The van der Waals surface area contributed by atoms with Gasteiger partial charge in [-0.3, -0.25) is 9.78 Å². The molecule has 0 saturated heterocycles. The lowest BCUT2D eigenvalue weighted by molar-refractivity contribution is 0.0949. The third kappa shape index (κ3) is 6.31. The number of carbonyl (C=O) groups excluding carboxylic acids is 1. The Bertz CT molecular complexity index is 945. The fourth-order valence-corrected chi connectivity index (χ4v) is 2.91. The van der Waals surface area contributed by atoms with Crippen LogP contribution in [0.25, 0.3) is 0 Å². The van der Waals surface area contributed by atoms with E-state index in [1.54, 1.807) is 31.5 Å². The van der Waals surface area contributed by atoms with Crippen molar-refractivity contribution in [2.24, 2.45) is 0 Å². The summed E-state index contributed by atoms with van der Waals surface area (Å²) in [6.45, 7) is 1.18. The van der Waals surface area contributed by atoms with Crippen molar-refractivity contribution in [2.45, 2.75) is 12.8 Å². The molecule has 5 nitrogen and oxygen atoms in total. The highest BCUT2D eigenvalue weighted by Crippen LogP contribution is 2.14. The molecule has 1 heterocycles. The molecule has 0 bridgehead atoms. The summed E-state index contributed by atoms with van der Waals surface area (Å²) in [6, 6.07) is 17.8. The molecule has 0 fully saturated rings. The molecular formula is C23H24FN3O2. The second kappa shape index (κ2) is 10.2. The van der Waals surface area contributed by atoms with Gasteiger partial charge in [0.15, 0.2) is 0 Å². The van der Waals surface area contributed by atoms with E-state index in [1.807, 2.05) is 24.3 Å². The molecular weight excluding hydrogens is 369 g/mol. The minimum atomic E-state index is -0.266. The van der Waals surface area contributed by atoms with Crippen molar-refractivity contribution in [3.05, 3.63) is 89.5 Å². The van der Waals surface area contributed by atoms with Gasteiger partial charge in [0.05, 0.1) is 7.11 Å². The van der Waals surface area contributed by atoms with Crippen LogP contribution in [0.3, 0.4) is 0 Å². The summed E-state index contributed by atoms with van der Waals surface area (Å²) in [5.74, 6) is 0.340. The van der Waals surface area contributed by atoms with Crippen LogP contribution in [0, 0.1) is 5.82 Å². The van der Waals surface area contributed by atoms with Gasteiger partial charge in [-0.25, -0.2) is 4.39 Å². The molecule has 2 aromatic carbocycles. The predicted octanol–water partition coefficient (Wildman–Crippen LogP) is 3.86. The molecule has 0 saturated carbocycles. The third-order valence-corrected chi connectivity index (χ3v) is 4.48. The number of hydrogen-bond acceptors (Lipinski definition) is 4. The van der Waals surface area contributed by atoms with Crippen LogP contribution in [-0.4, -0.2) is 31.1 Å². The first-order valence-corrected chi connectivity index (χ1v) is 9.49. The molecule has 1 aromatic heterocycles. The van der Waals surface area contributed by atoms with Gasteiger partial charge in [0.1, 0.15) is 17.3 Å². The lowest BCUT2D eigenvalue weighted by atomic mass is 10.1. The van der Waals surface area contributed by atoms with Gasteiger partial charge < -0.3 is 15.4 Å². The fourth-order valence-electron chi connectivity index (χ4n) is 2.91. The van der Waals surface area contributed by atoms with E-state index in [1.165, 1.54) is 17.7 Å². The number of pyridine rings is 1. The second-order valence-electron chi connectivity index (χ2n) is 6.59. The number of methoxy groups -OCH3 is 1. The Morgan fingerprint density at radius 3 is 2.59 bits per heavy atom. The van der Waals surface area contributed by atoms with Crippen LogP contribution in [0.15, 0.2) is 66.9 Å². The van der Waals surface area contributed by atoms with Crippen molar-refractivity contribution in [1.29, 1.82) is 0 Å². The molecule has 0 atom stereocenters. The monoisotopic (exact) mass is 393 g/mol. The van der Waals surface area contributed by atoms with Crippen LogP contribution >= 0.6 is 0 Å². The number of carbonyl (C=O) groups is 1. The van der Waals surface area contributed by atoms with E-state index in [0.717, 1.165) is 30.0 Å². The van der Waals surface area contributed by atoms with Gasteiger partial charge in [-0.1, -0.05) is 24.3 Å². The van der Waals surface area contributed by atoms with E-state index in [-0.39, 0.29) is 11.7 Å². The Balaban J connectivity index is 1.47. The van der Waals surface area contributed by atoms with Gasteiger partial charge in [0.25, 0.3) is 5.91 Å². The Hall–Kier alpha value is -3.41. The van der Waals surface area contributed by atoms with Crippen molar-refractivity contribution < 1.29 is 13.9 Å². The second-order valence-corrected chi connectivity index (χ2v) is 6.59. The average Bonchev–Trinajstić information content (AvgIpc) is 2.75. The minimum Gasteiger partial charge on any atom is -0.497 e. The van der Waals surface area contributed by atoms with Crippen molar-refractivity contribution in [3.8, 4) is 5.75 Å². The van der Waals surface area contributed by atoms with Gasteiger partial charge in [-0.2, -0.15) is 0 Å². The molecule has 150 valence electrons. The number of nitrogens with one attached hydrogen (secondary N) is 2. The zero-order valence-electron chi connectivity index (χ0n) is 16.3. The quantitative estimate of drug-likeness (QED) is 0.580. The van der Waals surface area contributed by atoms with Crippen molar-refractivity contribution in [3.63, 3.8) is 0 Å². The normalized spacial score (nSPS) is 10.4. The zero-order valence-corrected chi connectivity index (χ0v) is 16.3. The largest absolute Gasteiger partial charge is 0.497 e. The summed E-state index contributed by atoms with van der Waals surface area (Å²) in [6.07, 6.45) is 3.08. The maximum Gasteiger partial charge on any atom is 0.269 e. The summed E-state index contributed by atoms with van der Waals surface area (Å²) < 4.78 is 18.2. The summed E-state index contributed by atoms with van der Waals surface area (Å²) in [4.78, 5) is 16.5. The minimum absolute atomic E-state index is 0.233. The summed E-state index contributed by atoms with van der Waals surface area (Å²) >= 11 is 0. The maximum atomic E-state index is 12.9. The number of anilines is 1. The standard InChI is InChI=1S/C23H24FN3O2/c1-29-21-4-2-3-18(15-21)10-12-25-20-11-14-26-22(16-20)23(28)27-13-9-17-5-7-19(24)8-6-17/h2-8,11,14-16H,9-10,12-13H2,1H3,(H,25,26)(H,27,28). The lowest BCUT2D eigenvalue weighted by Gasteiger charge is -2.09. The topological polar surface area (TPSA) is 63.2 Å². The number of halogens is 1. The molecule has 0 aliphatic heterocycles. The highest BCUT2D eigenvalue weighted by Gasteiger charge is 2.07. The number of rotatable bonds is 9. The molecule has 2 N–H and O–H groups in total. The van der Waals surface area contributed by atoms with E-state index in [2.05, 4.69) is 21.7 Å². The smallest absolute Gasteiger partial charge is 0.269 e. The van der Waals surface area contributed by atoms with Gasteiger partial charge in [-0.05, 0) is 60.4 Å². The number of ether oxygens (including phenoxy) is 1. The molecule has 0 aliphatic carbocycles. The first kappa shape index (κ1) is 20.3. The highest BCUT2D eigenvalue weighted by molar-refractivity contribution is 5.93. The third-order valence-electron chi connectivity index (χ3n) is 4.48. The average molecular weight is 393 g/mol.